The third-order valence-electron chi connectivity index (χ3n) is 6.12. The van der Waals surface area contributed by atoms with Crippen LogP contribution in [0.2, 0.25) is 5.02 Å². The van der Waals surface area contributed by atoms with Gasteiger partial charge in [-0.3, -0.25) is 4.98 Å². The number of aryl methyl sites for hydroxylation is 1. The maximum Gasteiger partial charge on any atom is 0.166 e. The van der Waals surface area contributed by atoms with Gasteiger partial charge in [0, 0.05) is 30.9 Å². The summed E-state index contributed by atoms with van der Waals surface area (Å²) in [4.78, 5) is 23.0. The van der Waals surface area contributed by atoms with Crippen molar-refractivity contribution in [2.75, 3.05) is 39.2 Å². The van der Waals surface area contributed by atoms with Gasteiger partial charge in [0.25, 0.3) is 0 Å². The van der Waals surface area contributed by atoms with Crippen LogP contribution in [0.25, 0.3) is 22.6 Å². The fraction of sp³-hybridized carbons (Fsp3) is 0.407. The molecule has 0 atom stereocenters. The number of hydrogen-bond donors (Lipinski definition) is 0. The highest BCUT2D eigenvalue weighted by Gasteiger charge is 2.25. The number of rotatable bonds is 8. The number of nitrogens with zero attached hydrogens (tertiary/aromatic N) is 7. The zero-order chi connectivity index (χ0) is 26.0. The monoisotopic (exact) mass is 507 g/mol. The van der Waals surface area contributed by atoms with Crippen molar-refractivity contribution >= 4 is 28.6 Å². The van der Waals surface area contributed by atoms with Gasteiger partial charge in [-0.05, 0) is 77.7 Å². The van der Waals surface area contributed by atoms with Gasteiger partial charge in [0.2, 0.25) is 0 Å². The molecule has 190 valence electrons. The number of fused-ring (bicyclic) bond motifs is 1. The van der Waals surface area contributed by atoms with Crippen molar-refractivity contribution in [3.63, 3.8) is 0 Å². The van der Waals surface area contributed by atoms with Crippen LogP contribution in [0.4, 0.5) is 5.82 Å². The number of imidazole rings is 1. The van der Waals surface area contributed by atoms with E-state index >= 15 is 0 Å². The minimum atomic E-state index is -0.146. The zero-order valence-electron chi connectivity index (χ0n) is 22.1. The van der Waals surface area contributed by atoms with Crippen LogP contribution in [0, 0.1) is 6.92 Å². The van der Waals surface area contributed by atoms with Crippen molar-refractivity contribution in [3.05, 3.63) is 59.1 Å². The van der Waals surface area contributed by atoms with E-state index in [1.165, 1.54) is 0 Å². The van der Waals surface area contributed by atoms with E-state index in [1.807, 2.05) is 51.6 Å². The minimum Gasteiger partial charge on any atom is -0.492 e. The number of anilines is 1. The SMILES string of the molecule is Cc1ccnc(Cn2c(-c3ccc(OCCN(C)C)cc3Cl)nc3c(N(C)C(C)(C)C)ncnc32)c1. The highest BCUT2D eigenvalue weighted by Crippen LogP contribution is 2.35. The Balaban J connectivity index is 1.84. The summed E-state index contributed by atoms with van der Waals surface area (Å²) in [7, 11) is 6.05. The summed E-state index contributed by atoms with van der Waals surface area (Å²) in [6, 6.07) is 9.78. The lowest BCUT2D eigenvalue weighted by atomic mass is 10.1. The Labute approximate surface area is 217 Å². The lowest BCUT2D eigenvalue weighted by Gasteiger charge is -2.32. The Kier molecular flexibility index (Phi) is 7.47. The van der Waals surface area contributed by atoms with E-state index in [2.05, 4.69) is 63.1 Å². The molecule has 0 aliphatic rings. The number of pyridine rings is 1. The lowest BCUT2D eigenvalue weighted by Crippen LogP contribution is -2.38. The van der Waals surface area contributed by atoms with Gasteiger partial charge < -0.3 is 19.1 Å². The molecule has 0 spiro atoms. The van der Waals surface area contributed by atoms with E-state index in [1.54, 1.807) is 6.33 Å². The summed E-state index contributed by atoms with van der Waals surface area (Å²) in [5, 5.41) is 0.560. The molecule has 4 rings (SSSR count). The smallest absolute Gasteiger partial charge is 0.166 e. The summed E-state index contributed by atoms with van der Waals surface area (Å²) in [6.45, 7) is 10.4. The third-order valence-corrected chi connectivity index (χ3v) is 6.43. The highest BCUT2D eigenvalue weighted by atomic mass is 35.5. The number of likely N-dealkylation sites (N-methyl/N-ethyl adjacent to an activating group) is 1. The van der Waals surface area contributed by atoms with E-state index < -0.39 is 0 Å². The number of ether oxygens (including phenoxy) is 1. The molecule has 0 N–H and O–H groups in total. The molecule has 0 bridgehead atoms. The largest absolute Gasteiger partial charge is 0.492 e. The first-order valence-corrected chi connectivity index (χ1v) is 12.4. The number of benzene rings is 1. The van der Waals surface area contributed by atoms with Gasteiger partial charge >= 0.3 is 0 Å². The summed E-state index contributed by atoms with van der Waals surface area (Å²) in [6.07, 6.45) is 3.42. The van der Waals surface area contributed by atoms with Crippen LogP contribution in [0.5, 0.6) is 5.75 Å². The quantitative estimate of drug-likeness (QED) is 0.329. The van der Waals surface area contributed by atoms with Crippen LogP contribution in [-0.2, 0) is 6.54 Å². The fourth-order valence-corrected chi connectivity index (χ4v) is 4.06. The van der Waals surface area contributed by atoms with E-state index in [9.17, 15) is 0 Å². The summed E-state index contributed by atoms with van der Waals surface area (Å²) in [5.41, 5.74) is 4.17. The van der Waals surface area contributed by atoms with Crippen molar-refractivity contribution in [2.45, 2.75) is 39.8 Å². The van der Waals surface area contributed by atoms with Crippen LogP contribution < -0.4 is 9.64 Å². The molecule has 0 saturated carbocycles. The molecule has 9 heteroatoms. The molecule has 0 fully saturated rings. The molecule has 4 aromatic rings. The summed E-state index contributed by atoms with van der Waals surface area (Å²) >= 11 is 6.80. The van der Waals surface area contributed by atoms with Gasteiger partial charge in [-0.2, -0.15) is 0 Å². The van der Waals surface area contributed by atoms with E-state index in [0.717, 1.165) is 46.1 Å². The Hall–Kier alpha value is -3.23. The molecule has 1 aromatic carbocycles. The second-order valence-corrected chi connectivity index (χ2v) is 10.6. The Morgan fingerprint density at radius 1 is 1.03 bits per heavy atom. The first kappa shape index (κ1) is 25.9. The van der Waals surface area contributed by atoms with Crippen molar-refractivity contribution in [3.8, 4) is 17.1 Å². The van der Waals surface area contributed by atoms with Gasteiger partial charge in [-0.1, -0.05) is 11.6 Å². The number of halogens is 1. The van der Waals surface area contributed by atoms with Crippen LogP contribution in [0.1, 0.15) is 32.0 Å². The molecule has 0 radical (unpaired) electrons. The van der Waals surface area contributed by atoms with E-state index in [0.29, 0.717) is 24.0 Å². The number of aromatic nitrogens is 5. The molecule has 0 unspecified atom stereocenters. The first-order chi connectivity index (χ1) is 17.0. The molecule has 3 aromatic heterocycles. The Bertz CT molecular complexity index is 1360. The van der Waals surface area contributed by atoms with E-state index in [-0.39, 0.29) is 5.54 Å². The maximum absolute atomic E-state index is 6.80. The second kappa shape index (κ2) is 10.4. The van der Waals surface area contributed by atoms with Gasteiger partial charge in [-0.15, -0.1) is 0 Å². The minimum absolute atomic E-state index is 0.146. The second-order valence-electron chi connectivity index (χ2n) is 10.2. The predicted octanol–water partition coefficient (Wildman–Crippen LogP) is 5.07. The lowest BCUT2D eigenvalue weighted by molar-refractivity contribution is 0.261. The molecule has 0 aliphatic heterocycles. The molecule has 3 heterocycles. The molecule has 36 heavy (non-hydrogen) atoms. The summed E-state index contributed by atoms with van der Waals surface area (Å²) < 4.78 is 7.94. The first-order valence-electron chi connectivity index (χ1n) is 12.0. The molecular formula is C27H34ClN7O. The average Bonchev–Trinajstić information content (AvgIpc) is 3.16. The fourth-order valence-electron chi connectivity index (χ4n) is 3.80. The topological polar surface area (TPSA) is 72.2 Å². The van der Waals surface area contributed by atoms with Gasteiger partial charge in [0.1, 0.15) is 24.5 Å². The highest BCUT2D eigenvalue weighted by molar-refractivity contribution is 6.33. The van der Waals surface area contributed by atoms with Crippen molar-refractivity contribution in [1.29, 1.82) is 0 Å². The molecule has 8 nitrogen and oxygen atoms in total. The Morgan fingerprint density at radius 3 is 2.47 bits per heavy atom. The normalized spacial score (nSPS) is 11.9. The molecule has 0 amide bonds. The molecule has 0 aliphatic carbocycles. The van der Waals surface area contributed by atoms with E-state index in [4.69, 9.17) is 21.3 Å². The Morgan fingerprint density at radius 2 is 1.81 bits per heavy atom. The van der Waals surface area contributed by atoms with Gasteiger partial charge in [0.05, 0.1) is 17.3 Å². The molecular weight excluding hydrogens is 474 g/mol. The van der Waals surface area contributed by atoms with Crippen molar-refractivity contribution < 1.29 is 4.74 Å². The van der Waals surface area contributed by atoms with Crippen LogP contribution in [-0.4, -0.2) is 69.2 Å². The van der Waals surface area contributed by atoms with Crippen LogP contribution in [0.3, 0.4) is 0 Å². The standard InChI is InChI=1S/C27H34ClN7O/c1-18-10-11-29-19(14-18)16-35-24(21-9-8-20(15-22(21)28)36-13-12-33(5)6)32-23-25(30-17-31-26(23)35)34(7)27(2,3)4/h8-11,14-15,17H,12-13,16H2,1-7H3. The predicted molar refractivity (Wildman–Crippen MR) is 146 cm³/mol. The van der Waals surface area contributed by atoms with Crippen LogP contribution in [0.15, 0.2) is 42.9 Å². The van der Waals surface area contributed by atoms with Crippen molar-refractivity contribution in [1.82, 2.24) is 29.4 Å². The number of hydrogen-bond acceptors (Lipinski definition) is 7. The van der Waals surface area contributed by atoms with Crippen molar-refractivity contribution in [2.24, 2.45) is 0 Å². The molecule has 0 saturated heterocycles. The zero-order valence-corrected chi connectivity index (χ0v) is 22.8. The van der Waals surface area contributed by atoms with Crippen LogP contribution >= 0.6 is 11.6 Å². The third kappa shape index (κ3) is 5.60. The average molecular weight is 508 g/mol. The summed E-state index contributed by atoms with van der Waals surface area (Å²) in [5.74, 6) is 2.20. The van der Waals surface area contributed by atoms with Gasteiger partial charge in [0.15, 0.2) is 17.0 Å². The van der Waals surface area contributed by atoms with Gasteiger partial charge in [-0.25, -0.2) is 15.0 Å². The maximum atomic E-state index is 6.80.